The minimum Gasteiger partial charge on any atom is -0.387 e. The second kappa shape index (κ2) is 8.69. The highest BCUT2D eigenvalue weighted by Gasteiger charge is 2.54. The summed E-state index contributed by atoms with van der Waals surface area (Å²) in [6, 6.07) is 0. The van der Waals surface area contributed by atoms with Gasteiger partial charge in [-0.15, -0.1) is 0 Å². The number of nitrogens with zero attached hydrogens (tertiary/aromatic N) is 3. The number of hydrogen-bond donors (Lipinski definition) is 7. The fourth-order valence-corrected chi connectivity index (χ4v) is 6.19. The summed E-state index contributed by atoms with van der Waals surface area (Å²) in [7, 11) is -16.7. The van der Waals surface area contributed by atoms with Crippen molar-refractivity contribution in [3.63, 3.8) is 0 Å². The van der Waals surface area contributed by atoms with Crippen molar-refractivity contribution in [3.8, 4) is 0 Å². The molecule has 2 aromatic rings. The minimum atomic E-state index is -5.71. The Bertz CT molecular complexity index is 1210. The van der Waals surface area contributed by atoms with E-state index >= 15 is 0 Å². The van der Waals surface area contributed by atoms with Gasteiger partial charge in [0.25, 0.3) is 0 Å². The van der Waals surface area contributed by atoms with Crippen molar-refractivity contribution in [2.75, 3.05) is 6.61 Å². The number of phosphoric acid groups is 3. The number of fused-ring (bicyclic) bond motifs is 1. The highest BCUT2D eigenvalue weighted by molar-refractivity contribution is 7.71. The van der Waals surface area contributed by atoms with Gasteiger partial charge in [-0.05, 0) is 6.92 Å². The zero-order chi connectivity index (χ0) is 24.1. The van der Waals surface area contributed by atoms with Gasteiger partial charge < -0.3 is 39.5 Å². The SMILES string of the molecule is C[C@@]1(n2cnc3c(=S)nc[nH]c32)O[C@H](COP(=O)(O)OP(=O)(O)OP(=O)(O)O)[C@@H](O)[C@H]1O. The minimum absolute atomic E-state index is 0.151. The third-order valence-electron chi connectivity index (χ3n) is 4.29. The smallest absolute Gasteiger partial charge is 0.387 e. The molecule has 1 aliphatic rings. The molecule has 32 heavy (non-hydrogen) atoms. The predicted molar refractivity (Wildman–Crippen MR) is 103 cm³/mol. The lowest BCUT2D eigenvalue weighted by Crippen LogP contribution is -2.43. The second-order valence-electron chi connectivity index (χ2n) is 6.55. The van der Waals surface area contributed by atoms with Crippen molar-refractivity contribution in [1.29, 1.82) is 0 Å². The molecule has 17 nitrogen and oxygen atoms in total. The average Bonchev–Trinajstić information content (AvgIpc) is 3.14. The Balaban J connectivity index is 1.76. The maximum atomic E-state index is 11.9. The quantitative estimate of drug-likeness (QED) is 0.167. The van der Waals surface area contributed by atoms with Crippen LogP contribution < -0.4 is 0 Å². The molecule has 1 saturated heterocycles. The molecule has 21 heteroatoms. The van der Waals surface area contributed by atoms with E-state index in [1.807, 2.05) is 0 Å². The summed E-state index contributed by atoms with van der Waals surface area (Å²) in [6.45, 7) is 0.409. The molecule has 0 amide bonds. The van der Waals surface area contributed by atoms with Crippen molar-refractivity contribution in [2.45, 2.75) is 31.0 Å². The molecule has 0 saturated carbocycles. The van der Waals surface area contributed by atoms with E-state index in [9.17, 15) is 28.8 Å². The van der Waals surface area contributed by atoms with Gasteiger partial charge in [0.1, 0.15) is 29.5 Å². The molecule has 7 N–H and O–H groups in total. The number of imidazole rings is 1. The number of aliphatic hydroxyl groups excluding tert-OH is 2. The standard InChI is InChI=1S/C11H17N4O13P3S/c1-11(15-4-14-6-9(15)12-3-13-10(6)32)8(17)7(16)5(26-11)2-25-30(21,22)28-31(23,24)27-29(18,19)20/h3-5,7-8,16-17H,2H2,1H3,(H,21,22)(H,23,24)(H,12,13,32)(H2,18,19,20)/t5-,7-,8-,11-/m1/s1. The molecule has 6 atom stereocenters. The fraction of sp³-hybridized carbons (Fsp3) is 0.545. The number of aliphatic hydroxyl groups is 2. The summed E-state index contributed by atoms with van der Waals surface area (Å²) in [5.74, 6) is 0. The van der Waals surface area contributed by atoms with Crippen LogP contribution in [0.2, 0.25) is 0 Å². The van der Waals surface area contributed by atoms with E-state index in [0.29, 0.717) is 0 Å². The Morgan fingerprint density at radius 2 is 1.84 bits per heavy atom. The molecule has 0 radical (unpaired) electrons. The van der Waals surface area contributed by atoms with E-state index in [1.165, 1.54) is 24.1 Å². The van der Waals surface area contributed by atoms with Crippen molar-refractivity contribution < 1.29 is 61.4 Å². The molecular weight excluding hydrogens is 521 g/mol. The van der Waals surface area contributed by atoms with Gasteiger partial charge in [0, 0.05) is 0 Å². The summed E-state index contributed by atoms with van der Waals surface area (Å²) < 4.78 is 52.6. The second-order valence-corrected chi connectivity index (χ2v) is 11.4. The van der Waals surface area contributed by atoms with E-state index in [1.54, 1.807) is 0 Å². The van der Waals surface area contributed by atoms with Crippen LogP contribution in [0.1, 0.15) is 6.92 Å². The third kappa shape index (κ3) is 5.41. The number of aromatic amines is 1. The van der Waals surface area contributed by atoms with Gasteiger partial charge in [0.05, 0.1) is 19.3 Å². The fourth-order valence-electron chi connectivity index (χ4n) is 2.96. The molecule has 3 heterocycles. The van der Waals surface area contributed by atoms with Gasteiger partial charge in [-0.1, -0.05) is 12.2 Å². The normalized spacial score (nSPS) is 30.3. The summed E-state index contributed by atoms with van der Waals surface area (Å²) in [5, 5.41) is 20.9. The number of H-pyrrole nitrogens is 1. The third-order valence-corrected chi connectivity index (χ3v) is 8.39. The van der Waals surface area contributed by atoms with Gasteiger partial charge in [0.15, 0.2) is 10.4 Å². The maximum absolute atomic E-state index is 11.9. The topological polar surface area (TPSA) is 256 Å². The molecule has 2 aromatic heterocycles. The Kier molecular flexibility index (Phi) is 6.97. The van der Waals surface area contributed by atoms with Crippen LogP contribution in [0.3, 0.4) is 0 Å². The molecule has 2 unspecified atom stereocenters. The van der Waals surface area contributed by atoms with Crippen molar-refractivity contribution >= 4 is 46.8 Å². The lowest BCUT2D eigenvalue weighted by atomic mass is 10.0. The van der Waals surface area contributed by atoms with E-state index in [2.05, 4.69) is 28.1 Å². The van der Waals surface area contributed by atoms with Gasteiger partial charge in [-0.25, -0.2) is 23.7 Å². The van der Waals surface area contributed by atoms with Gasteiger partial charge in [0.2, 0.25) is 0 Å². The molecular formula is C11H17N4O13P3S. The van der Waals surface area contributed by atoms with Crippen LogP contribution in [0.15, 0.2) is 12.7 Å². The summed E-state index contributed by atoms with van der Waals surface area (Å²) >= 11 is 5.06. The Morgan fingerprint density at radius 1 is 1.19 bits per heavy atom. The van der Waals surface area contributed by atoms with Gasteiger partial charge >= 0.3 is 23.5 Å². The molecule has 1 fully saturated rings. The lowest BCUT2D eigenvalue weighted by Gasteiger charge is -2.29. The van der Waals surface area contributed by atoms with Crippen LogP contribution in [-0.4, -0.2) is 74.2 Å². The molecule has 1 aliphatic heterocycles. The molecule has 0 aliphatic carbocycles. The molecule has 3 rings (SSSR count). The van der Waals surface area contributed by atoms with Gasteiger partial charge in [-0.3, -0.25) is 9.09 Å². The average molecular weight is 538 g/mol. The maximum Gasteiger partial charge on any atom is 0.490 e. The number of phosphoric ester groups is 1. The highest BCUT2D eigenvalue weighted by atomic mass is 32.1. The zero-order valence-electron chi connectivity index (χ0n) is 15.7. The van der Waals surface area contributed by atoms with E-state index in [0.717, 1.165) is 0 Å². The van der Waals surface area contributed by atoms with Crippen molar-refractivity contribution in [1.82, 2.24) is 19.5 Å². The first-order valence-electron chi connectivity index (χ1n) is 8.28. The number of hydrogen-bond acceptors (Lipinski definition) is 12. The number of ether oxygens (including phenoxy) is 1. The van der Waals surface area contributed by atoms with E-state index in [-0.39, 0.29) is 15.8 Å². The zero-order valence-corrected chi connectivity index (χ0v) is 19.2. The predicted octanol–water partition coefficient (Wildman–Crippen LogP) is -0.375. The molecule has 0 spiro atoms. The van der Waals surface area contributed by atoms with Gasteiger partial charge in [-0.2, -0.15) is 8.62 Å². The first-order chi connectivity index (χ1) is 14.5. The van der Waals surface area contributed by atoms with E-state index in [4.69, 9.17) is 31.6 Å². The van der Waals surface area contributed by atoms with Crippen LogP contribution in [0.4, 0.5) is 0 Å². The number of nitrogens with one attached hydrogen (secondary N) is 1. The molecule has 0 aromatic carbocycles. The molecule has 180 valence electrons. The number of aromatic nitrogens is 4. The van der Waals surface area contributed by atoms with Crippen molar-refractivity contribution in [2.24, 2.45) is 0 Å². The summed E-state index contributed by atoms with van der Waals surface area (Å²) in [5.41, 5.74) is -1.13. The van der Waals surface area contributed by atoms with Crippen molar-refractivity contribution in [3.05, 3.63) is 17.3 Å². The van der Waals surface area contributed by atoms with Crippen LogP contribution >= 0.6 is 35.7 Å². The summed E-state index contributed by atoms with van der Waals surface area (Å²) in [6.07, 6.45) is -2.25. The Labute approximate surface area is 183 Å². The highest BCUT2D eigenvalue weighted by Crippen LogP contribution is 2.66. The van der Waals surface area contributed by atoms with Crippen LogP contribution in [-0.2, 0) is 37.3 Å². The monoisotopic (exact) mass is 538 g/mol. The number of rotatable bonds is 8. The lowest BCUT2D eigenvalue weighted by molar-refractivity contribution is -0.131. The van der Waals surface area contributed by atoms with Crippen LogP contribution in [0.5, 0.6) is 0 Å². The first-order valence-corrected chi connectivity index (χ1v) is 13.2. The first kappa shape index (κ1) is 25.7. The van der Waals surface area contributed by atoms with Crippen LogP contribution in [0, 0.1) is 4.64 Å². The summed E-state index contributed by atoms with van der Waals surface area (Å²) in [4.78, 5) is 46.5. The Hall–Kier alpha value is -0.940. The van der Waals surface area contributed by atoms with E-state index < -0.39 is 54.1 Å². The van der Waals surface area contributed by atoms with Crippen LogP contribution in [0.25, 0.3) is 11.2 Å². The Morgan fingerprint density at radius 3 is 2.47 bits per heavy atom. The molecule has 0 bridgehead atoms. The largest absolute Gasteiger partial charge is 0.490 e.